The number of nitrogens with one attached hydrogen (secondary N) is 1. The Hall–Kier alpha value is -1.20. The number of hydrogen-bond acceptors (Lipinski definition) is 3. The topological polar surface area (TPSA) is 18.5 Å². The van der Waals surface area contributed by atoms with Crippen LogP contribution in [0, 0.1) is 11.6 Å². The normalized spacial score (nSPS) is 11.4. The molecule has 1 aromatic rings. The maximum Gasteiger partial charge on any atom is 0.149 e. The van der Waals surface area contributed by atoms with Crippen LogP contribution in [0.2, 0.25) is 0 Å². The summed E-state index contributed by atoms with van der Waals surface area (Å²) in [5.74, 6) is -1.02. The first-order chi connectivity index (χ1) is 9.31. The molecule has 0 bridgehead atoms. The highest BCUT2D eigenvalue weighted by molar-refractivity contribution is 5.50. The van der Waals surface area contributed by atoms with Gasteiger partial charge in [-0.25, -0.2) is 8.78 Å². The van der Waals surface area contributed by atoms with Gasteiger partial charge in [0.05, 0.1) is 0 Å². The zero-order chi connectivity index (χ0) is 15.3. The van der Waals surface area contributed by atoms with Gasteiger partial charge in [-0.1, -0.05) is 13.8 Å². The number of hydrogen-bond donors (Lipinski definition) is 1. The van der Waals surface area contributed by atoms with Gasteiger partial charge in [0.2, 0.25) is 0 Å². The van der Waals surface area contributed by atoms with E-state index in [-0.39, 0.29) is 11.7 Å². The Labute approximate surface area is 120 Å². The van der Waals surface area contributed by atoms with Crippen molar-refractivity contribution in [3.8, 4) is 0 Å². The smallest absolute Gasteiger partial charge is 0.149 e. The molecule has 0 unspecified atom stereocenters. The van der Waals surface area contributed by atoms with Gasteiger partial charge in [0.25, 0.3) is 0 Å². The predicted octanol–water partition coefficient (Wildman–Crippen LogP) is 2.46. The second kappa shape index (κ2) is 7.55. The van der Waals surface area contributed by atoms with E-state index in [2.05, 4.69) is 5.32 Å². The second-order valence-electron chi connectivity index (χ2n) is 5.67. The molecule has 0 heterocycles. The van der Waals surface area contributed by atoms with Gasteiger partial charge in [-0.05, 0) is 31.8 Å². The minimum absolute atomic E-state index is 0.0418. The Morgan fingerprint density at radius 2 is 1.60 bits per heavy atom. The van der Waals surface area contributed by atoms with Gasteiger partial charge in [-0.15, -0.1) is 0 Å². The summed E-state index contributed by atoms with van der Waals surface area (Å²) in [4.78, 5) is 3.59. The Morgan fingerprint density at radius 1 is 1.05 bits per heavy atom. The number of likely N-dealkylation sites (N-methyl/N-ethyl adjacent to an activating group) is 2. The van der Waals surface area contributed by atoms with Gasteiger partial charge in [-0.2, -0.15) is 0 Å². The fraction of sp³-hybridized carbons (Fsp3) is 0.600. The molecule has 0 spiro atoms. The quantitative estimate of drug-likeness (QED) is 0.830. The Balaban J connectivity index is 2.82. The van der Waals surface area contributed by atoms with Gasteiger partial charge in [0, 0.05) is 32.7 Å². The fourth-order valence-corrected chi connectivity index (χ4v) is 1.87. The average molecular weight is 285 g/mol. The second-order valence-corrected chi connectivity index (χ2v) is 5.67. The summed E-state index contributed by atoms with van der Waals surface area (Å²) in [5, 5.41) is 3.15. The summed E-state index contributed by atoms with van der Waals surface area (Å²) in [5.41, 5.74) is 0.665. The van der Waals surface area contributed by atoms with Crippen LogP contribution in [-0.4, -0.2) is 45.2 Å². The third-order valence-corrected chi connectivity index (χ3v) is 3.06. The molecule has 1 rings (SSSR count). The molecule has 20 heavy (non-hydrogen) atoms. The molecule has 0 aromatic heterocycles. The van der Waals surface area contributed by atoms with Crippen LogP contribution in [0.15, 0.2) is 12.1 Å². The van der Waals surface area contributed by atoms with Gasteiger partial charge in [0.1, 0.15) is 17.3 Å². The van der Waals surface area contributed by atoms with Gasteiger partial charge in [0.15, 0.2) is 0 Å². The van der Waals surface area contributed by atoms with E-state index in [0.29, 0.717) is 18.7 Å². The summed E-state index contributed by atoms with van der Waals surface area (Å²) < 4.78 is 28.2. The average Bonchev–Trinajstić information content (AvgIpc) is 2.33. The number of anilines is 1. The molecule has 114 valence electrons. The molecule has 1 aromatic carbocycles. The number of benzene rings is 1. The molecular formula is C15H25F2N3. The molecule has 1 N–H and O–H groups in total. The first-order valence-electron chi connectivity index (χ1n) is 6.88. The summed E-state index contributed by atoms with van der Waals surface area (Å²) in [7, 11) is 5.57. The number of rotatable bonds is 7. The molecule has 3 nitrogen and oxygen atoms in total. The van der Waals surface area contributed by atoms with Crippen molar-refractivity contribution in [1.82, 2.24) is 10.2 Å². The van der Waals surface area contributed by atoms with Gasteiger partial charge in [-0.3, -0.25) is 0 Å². The first-order valence-corrected chi connectivity index (χ1v) is 6.88. The monoisotopic (exact) mass is 285 g/mol. The van der Waals surface area contributed by atoms with Crippen molar-refractivity contribution in [3.05, 3.63) is 29.3 Å². The van der Waals surface area contributed by atoms with Crippen molar-refractivity contribution in [2.45, 2.75) is 26.4 Å². The summed E-state index contributed by atoms with van der Waals surface area (Å²) in [6.45, 7) is 5.77. The maximum absolute atomic E-state index is 14.1. The van der Waals surface area contributed by atoms with Crippen molar-refractivity contribution >= 4 is 5.69 Å². The number of nitrogens with zero attached hydrogens (tertiary/aromatic N) is 2. The van der Waals surface area contributed by atoms with Crippen LogP contribution in [0.5, 0.6) is 0 Å². The van der Waals surface area contributed by atoms with Crippen LogP contribution in [0.3, 0.4) is 0 Å². The standard InChI is InChI=1S/C15H25F2N3/c1-11(2)18-10-12-8-13(16)15(14(17)9-12)20(5)7-6-19(3)4/h8-9,11,18H,6-7,10H2,1-5H3. The third-order valence-electron chi connectivity index (χ3n) is 3.06. The predicted molar refractivity (Wildman–Crippen MR) is 80.2 cm³/mol. The minimum atomic E-state index is -0.508. The fourth-order valence-electron chi connectivity index (χ4n) is 1.87. The molecule has 0 amide bonds. The molecular weight excluding hydrogens is 260 g/mol. The summed E-state index contributed by atoms with van der Waals surface area (Å²) in [6, 6.07) is 3.09. The van der Waals surface area contributed by atoms with Crippen LogP contribution in [0.25, 0.3) is 0 Å². The Kier molecular flexibility index (Phi) is 6.36. The Bertz CT molecular complexity index is 410. The molecule has 0 saturated carbocycles. The van der Waals surface area contributed by atoms with E-state index in [4.69, 9.17) is 0 Å². The van der Waals surface area contributed by atoms with Crippen LogP contribution < -0.4 is 10.2 Å². The minimum Gasteiger partial charge on any atom is -0.369 e. The van der Waals surface area contributed by atoms with Crippen molar-refractivity contribution in [3.63, 3.8) is 0 Å². The highest BCUT2D eigenvalue weighted by Crippen LogP contribution is 2.24. The molecule has 0 aliphatic carbocycles. The first kappa shape index (κ1) is 16.9. The van der Waals surface area contributed by atoms with Crippen LogP contribution in [0.1, 0.15) is 19.4 Å². The molecule has 0 aliphatic rings. The molecule has 5 heteroatoms. The molecule has 0 fully saturated rings. The zero-order valence-electron chi connectivity index (χ0n) is 13.0. The molecule has 0 aliphatic heterocycles. The van der Waals surface area contributed by atoms with E-state index in [9.17, 15) is 8.78 Å². The van der Waals surface area contributed by atoms with E-state index < -0.39 is 11.6 Å². The van der Waals surface area contributed by atoms with Crippen molar-refractivity contribution in [2.75, 3.05) is 39.1 Å². The zero-order valence-corrected chi connectivity index (χ0v) is 13.0. The van der Waals surface area contributed by atoms with Crippen LogP contribution in [0.4, 0.5) is 14.5 Å². The largest absolute Gasteiger partial charge is 0.369 e. The Morgan fingerprint density at radius 3 is 2.05 bits per heavy atom. The molecule has 0 radical (unpaired) electrons. The lowest BCUT2D eigenvalue weighted by atomic mass is 10.1. The lowest BCUT2D eigenvalue weighted by Crippen LogP contribution is -2.30. The van der Waals surface area contributed by atoms with E-state index in [0.717, 1.165) is 6.54 Å². The summed E-state index contributed by atoms with van der Waals surface area (Å²) in [6.07, 6.45) is 0. The maximum atomic E-state index is 14.1. The van der Waals surface area contributed by atoms with Gasteiger partial charge < -0.3 is 15.1 Å². The highest BCUT2D eigenvalue weighted by atomic mass is 19.1. The number of halogens is 2. The van der Waals surface area contributed by atoms with E-state index in [1.54, 1.807) is 11.9 Å². The summed E-state index contributed by atoms with van der Waals surface area (Å²) >= 11 is 0. The lowest BCUT2D eigenvalue weighted by Gasteiger charge is -2.23. The van der Waals surface area contributed by atoms with Gasteiger partial charge >= 0.3 is 0 Å². The van der Waals surface area contributed by atoms with Crippen molar-refractivity contribution in [2.24, 2.45) is 0 Å². The van der Waals surface area contributed by atoms with Crippen LogP contribution in [-0.2, 0) is 6.54 Å². The third kappa shape index (κ3) is 5.06. The van der Waals surface area contributed by atoms with Crippen molar-refractivity contribution in [1.29, 1.82) is 0 Å². The SMILES string of the molecule is CC(C)NCc1cc(F)c(N(C)CCN(C)C)c(F)c1. The van der Waals surface area contributed by atoms with E-state index >= 15 is 0 Å². The molecule has 0 atom stereocenters. The van der Waals surface area contributed by atoms with E-state index in [1.807, 2.05) is 32.8 Å². The highest BCUT2D eigenvalue weighted by Gasteiger charge is 2.15. The van der Waals surface area contributed by atoms with Crippen LogP contribution >= 0.6 is 0 Å². The van der Waals surface area contributed by atoms with Crippen molar-refractivity contribution < 1.29 is 8.78 Å². The lowest BCUT2D eigenvalue weighted by molar-refractivity contribution is 0.414. The van der Waals surface area contributed by atoms with E-state index in [1.165, 1.54) is 12.1 Å². The molecule has 0 saturated heterocycles.